The fraction of sp³-hybridized carbons (Fsp3) is 0.286. The zero-order valence-electron chi connectivity index (χ0n) is 17.9. The zero-order chi connectivity index (χ0) is 20.9. The van der Waals surface area contributed by atoms with Gasteiger partial charge >= 0.3 is 0 Å². The van der Waals surface area contributed by atoms with Crippen LogP contribution in [-0.2, 0) is 5.41 Å². The topological polar surface area (TPSA) is 33.3 Å². The molecule has 31 heavy (non-hydrogen) atoms. The van der Waals surface area contributed by atoms with Crippen molar-refractivity contribution in [2.75, 3.05) is 26.2 Å². The first kappa shape index (κ1) is 20.0. The number of piperidine rings is 1. The molecule has 3 aromatic carbocycles. The summed E-state index contributed by atoms with van der Waals surface area (Å²) in [6, 6.07) is 27.5. The van der Waals surface area contributed by atoms with Crippen LogP contribution in [0.15, 0.2) is 84.9 Å². The molecule has 2 heterocycles. The molecule has 0 radical (unpaired) electrons. The maximum absolute atomic E-state index is 6.31. The normalized spacial score (nSPS) is 19.4. The Morgan fingerprint density at radius 2 is 1.58 bits per heavy atom. The molecule has 3 aromatic rings. The quantitative estimate of drug-likeness (QED) is 0.572. The van der Waals surface area contributed by atoms with Crippen LogP contribution in [0.2, 0.25) is 0 Å². The Hall–Kier alpha value is -2.88. The Morgan fingerprint density at radius 1 is 0.903 bits per heavy atom. The maximum atomic E-state index is 6.31. The highest BCUT2D eigenvalue weighted by Gasteiger charge is 2.40. The largest absolute Gasteiger partial charge is 0.457 e. The highest BCUT2D eigenvalue weighted by atomic mass is 16.5. The summed E-state index contributed by atoms with van der Waals surface area (Å²) < 4.78 is 6.31. The molecule has 1 unspecified atom stereocenters. The molecule has 1 atom stereocenters. The van der Waals surface area contributed by atoms with Gasteiger partial charge in [0.25, 0.3) is 0 Å². The van der Waals surface area contributed by atoms with Crippen molar-refractivity contribution in [1.82, 2.24) is 10.6 Å². The minimum absolute atomic E-state index is 0.288. The van der Waals surface area contributed by atoms with Crippen molar-refractivity contribution >= 4 is 6.08 Å². The minimum Gasteiger partial charge on any atom is -0.457 e. The van der Waals surface area contributed by atoms with E-state index in [1.807, 2.05) is 0 Å². The van der Waals surface area contributed by atoms with Crippen molar-refractivity contribution in [1.29, 1.82) is 0 Å². The number of nitrogens with one attached hydrogen (secondary N) is 2. The van der Waals surface area contributed by atoms with E-state index in [0.717, 1.165) is 37.7 Å². The molecular formula is C28H30N2O. The van der Waals surface area contributed by atoms with E-state index < -0.39 is 0 Å². The van der Waals surface area contributed by atoms with Crippen LogP contribution in [0.5, 0.6) is 11.5 Å². The summed E-state index contributed by atoms with van der Waals surface area (Å²) in [5, 5.41) is 7.37. The summed E-state index contributed by atoms with van der Waals surface area (Å²) in [5.41, 5.74) is 3.36. The standard InChI is InChI=1S/C28H30N2O/c1-2-9-22(10-3-1)16-17-28(21-30-20-23-11-8-18-29-19-23)24-12-4-6-14-26(24)31-27-15-7-5-13-25(27)28/h1-7,9-10,12-17,23,29-30H,8,11,18-21H2. The highest BCUT2D eigenvalue weighted by Crippen LogP contribution is 2.48. The van der Waals surface area contributed by atoms with Crippen molar-refractivity contribution < 1.29 is 4.74 Å². The van der Waals surface area contributed by atoms with Crippen LogP contribution in [0.3, 0.4) is 0 Å². The first-order valence-corrected chi connectivity index (χ1v) is 11.4. The molecule has 3 heteroatoms. The molecule has 5 rings (SSSR count). The molecule has 3 nitrogen and oxygen atoms in total. The zero-order valence-corrected chi connectivity index (χ0v) is 17.9. The Labute approximate surface area is 185 Å². The van der Waals surface area contributed by atoms with E-state index in [9.17, 15) is 0 Å². The molecule has 158 valence electrons. The van der Waals surface area contributed by atoms with Gasteiger partial charge in [-0.05, 0) is 56.1 Å². The molecule has 1 saturated heterocycles. The van der Waals surface area contributed by atoms with Gasteiger partial charge in [-0.15, -0.1) is 0 Å². The van der Waals surface area contributed by atoms with E-state index >= 15 is 0 Å². The lowest BCUT2D eigenvalue weighted by atomic mass is 9.71. The Morgan fingerprint density at radius 3 is 2.26 bits per heavy atom. The lowest BCUT2D eigenvalue weighted by Crippen LogP contribution is -2.43. The second-order valence-corrected chi connectivity index (χ2v) is 8.65. The monoisotopic (exact) mass is 410 g/mol. The average Bonchev–Trinajstić information content (AvgIpc) is 2.84. The van der Waals surface area contributed by atoms with Gasteiger partial charge in [0.15, 0.2) is 0 Å². The first-order valence-electron chi connectivity index (χ1n) is 11.4. The van der Waals surface area contributed by atoms with Crippen molar-refractivity contribution in [3.63, 3.8) is 0 Å². The van der Waals surface area contributed by atoms with E-state index in [4.69, 9.17) is 4.74 Å². The number of fused-ring (bicyclic) bond motifs is 2. The van der Waals surface area contributed by atoms with E-state index in [-0.39, 0.29) is 5.41 Å². The predicted molar refractivity (Wildman–Crippen MR) is 128 cm³/mol. The van der Waals surface area contributed by atoms with Crippen molar-refractivity contribution in [2.45, 2.75) is 18.3 Å². The minimum atomic E-state index is -0.288. The molecular weight excluding hydrogens is 380 g/mol. The Bertz CT molecular complexity index is 992. The molecule has 1 fully saturated rings. The van der Waals surface area contributed by atoms with Crippen LogP contribution in [0.25, 0.3) is 6.08 Å². The fourth-order valence-corrected chi connectivity index (χ4v) is 4.92. The molecule has 0 bridgehead atoms. The second kappa shape index (κ2) is 9.09. The summed E-state index contributed by atoms with van der Waals surface area (Å²) in [6.45, 7) is 4.12. The number of hydrogen-bond acceptors (Lipinski definition) is 3. The van der Waals surface area contributed by atoms with Gasteiger partial charge in [-0.1, -0.05) is 78.9 Å². The summed E-state index contributed by atoms with van der Waals surface area (Å²) in [4.78, 5) is 0. The molecule has 0 saturated carbocycles. The fourth-order valence-electron chi connectivity index (χ4n) is 4.92. The van der Waals surface area contributed by atoms with Crippen molar-refractivity contribution in [2.24, 2.45) is 5.92 Å². The third-order valence-corrected chi connectivity index (χ3v) is 6.55. The van der Waals surface area contributed by atoms with E-state index in [1.165, 1.54) is 29.5 Å². The Balaban J connectivity index is 1.54. The first-order chi connectivity index (χ1) is 15.4. The van der Waals surface area contributed by atoms with Crippen LogP contribution in [-0.4, -0.2) is 26.2 Å². The third kappa shape index (κ3) is 4.16. The molecule has 0 amide bonds. The highest BCUT2D eigenvalue weighted by molar-refractivity contribution is 5.64. The third-order valence-electron chi connectivity index (χ3n) is 6.55. The molecule has 2 aliphatic rings. The predicted octanol–water partition coefficient (Wildman–Crippen LogP) is 5.38. The van der Waals surface area contributed by atoms with Crippen LogP contribution < -0.4 is 15.4 Å². The average molecular weight is 411 g/mol. The lowest BCUT2D eigenvalue weighted by Gasteiger charge is -2.39. The number of para-hydroxylation sites is 2. The van der Waals surface area contributed by atoms with Crippen molar-refractivity contribution in [3.05, 3.63) is 102 Å². The van der Waals surface area contributed by atoms with Gasteiger partial charge in [-0.3, -0.25) is 0 Å². The number of ether oxygens (including phenoxy) is 1. The number of benzene rings is 3. The summed E-state index contributed by atoms with van der Waals surface area (Å²) in [6.07, 6.45) is 7.19. The van der Waals surface area contributed by atoms with E-state index in [2.05, 4.69) is 102 Å². The van der Waals surface area contributed by atoms with Crippen LogP contribution >= 0.6 is 0 Å². The van der Waals surface area contributed by atoms with Gasteiger partial charge < -0.3 is 15.4 Å². The van der Waals surface area contributed by atoms with E-state index in [0.29, 0.717) is 5.92 Å². The van der Waals surface area contributed by atoms with Gasteiger partial charge in [0.05, 0.1) is 5.41 Å². The summed E-state index contributed by atoms with van der Waals surface area (Å²) in [5.74, 6) is 2.58. The number of rotatable bonds is 6. The van der Waals surface area contributed by atoms with Gasteiger partial charge in [-0.2, -0.15) is 0 Å². The van der Waals surface area contributed by atoms with Gasteiger partial charge in [0.1, 0.15) is 11.5 Å². The van der Waals surface area contributed by atoms with Crippen LogP contribution in [0, 0.1) is 5.92 Å². The van der Waals surface area contributed by atoms with Crippen molar-refractivity contribution in [3.8, 4) is 11.5 Å². The maximum Gasteiger partial charge on any atom is 0.131 e. The molecule has 0 spiro atoms. The van der Waals surface area contributed by atoms with Gasteiger partial charge in [0, 0.05) is 17.7 Å². The van der Waals surface area contributed by atoms with Gasteiger partial charge in [-0.25, -0.2) is 0 Å². The molecule has 2 N–H and O–H groups in total. The number of hydrogen-bond donors (Lipinski definition) is 2. The molecule has 2 aliphatic heterocycles. The van der Waals surface area contributed by atoms with Crippen LogP contribution in [0.4, 0.5) is 0 Å². The molecule has 0 aromatic heterocycles. The molecule has 0 aliphatic carbocycles. The Kier molecular flexibility index (Phi) is 5.88. The van der Waals surface area contributed by atoms with E-state index in [1.54, 1.807) is 0 Å². The van der Waals surface area contributed by atoms with Gasteiger partial charge in [0.2, 0.25) is 0 Å². The lowest BCUT2D eigenvalue weighted by molar-refractivity contribution is 0.347. The smallest absolute Gasteiger partial charge is 0.131 e. The summed E-state index contributed by atoms with van der Waals surface area (Å²) in [7, 11) is 0. The van der Waals surface area contributed by atoms with Crippen LogP contribution in [0.1, 0.15) is 29.5 Å². The second-order valence-electron chi connectivity index (χ2n) is 8.65. The summed E-state index contributed by atoms with van der Waals surface area (Å²) >= 11 is 0. The SMILES string of the molecule is C(=CC1(CNCC2CCCNC2)c2ccccc2Oc2ccccc21)c1ccccc1.